The molecule has 0 bridgehead atoms. The summed E-state index contributed by atoms with van der Waals surface area (Å²) in [5.41, 5.74) is -0.211. The predicted molar refractivity (Wildman–Crippen MR) is 96.5 cm³/mol. The van der Waals surface area contributed by atoms with E-state index in [1.165, 1.54) is 10.4 Å². The Morgan fingerprint density at radius 3 is 2.59 bits per heavy atom. The van der Waals surface area contributed by atoms with Gasteiger partial charge in [-0.1, -0.05) is 25.9 Å². The Labute approximate surface area is 158 Å². The van der Waals surface area contributed by atoms with Gasteiger partial charge in [-0.2, -0.15) is 9.29 Å². The Bertz CT molecular complexity index is 948. The molecule has 0 radical (unpaired) electrons. The number of hydrogen-bond donors (Lipinski definition) is 0. The monoisotopic (exact) mass is 393 g/mol. The molecule has 27 heavy (non-hydrogen) atoms. The average molecular weight is 393 g/mol. The number of aromatic nitrogens is 2. The summed E-state index contributed by atoms with van der Waals surface area (Å²) < 4.78 is 43.9. The van der Waals surface area contributed by atoms with Gasteiger partial charge in [-0.3, -0.25) is 0 Å². The van der Waals surface area contributed by atoms with Crippen LogP contribution in [0.5, 0.6) is 11.5 Å². The minimum absolute atomic E-state index is 0.0967. The van der Waals surface area contributed by atoms with E-state index in [1.807, 2.05) is 20.8 Å². The second-order valence-corrected chi connectivity index (χ2v) is 9.80. The van der Waals surface area contributed by atoms with Gasteiger partial charge in [0.2, 0.25) is 15.9 Å². The highest BCUT2D eigenvalue weighted by atomic mass is 32.2. The molecule has 9 heteroatoms. The maximum Gasteiger partial charge on any atom is 0.243 e. The van der Waals surface area contributed by atoms with E-state index < -0.39 is 10.0 Å². The van der Waals surface area contributed by atoms with Crippen LogP contribution < -0.4 is 9.47 Å². The van der Waals surface area contributed by atoms with Crippen molar-refractivity contribution in [2.45, 2.75) is 43.4 Å². The van der Waals surface area contributed by atoms with Crippen molar-refractivity contribution in [3.63, 3.8) is 0 Å². The number of ether oxygens (including phenoxy) is 2. The number of hydrogen-bond acceptors (Lipinski definition) is 7. The van der Waals surface area contributed by atoms with Gasteiger partial charge in [0.15, 0.2) is 17.3 Å². The SMILES string of the molecule is CC(C)(C)c1noc([C@H]2CCN(S(=O)(=O)c3ccc4c(c3)OCCO4)C2)n1. The summed E-state index contributed by atoms with van der Waals surface area (Å²) in [5.74, 6) is 2.07. The zero-order valence-electron chi connectivity index (χ0n) is 15.6. The topological polar surface area (TPSA) is 94.8 Å². The first-order chi connectivity index (χ1) is 12.7. The van der Waals surface area contributed by atoms with Crippen molar-refractivity contribution >= 4 is 10.0 Å². The fourth-order valence-corrected chi connectivity index (χ4v) is 4.70. The number of benzene rings is 1. The molecule has 2 aliphatic heterocycles. The van der Waals surface area contributed by atoms with E-state index >= 15 is 0 Å². The first kappa shape index (κ1) is 18.2. The molecule has 1 atom stereocenters. The summed E-state index contributed by atoms with van der Waals surface area (Å²) in [7, 11) is -3.63. The Morgan fingerprint density at radius 2 is 1.89 bits per heavy atom. The van der Waals surface area contributed by atoms with E-state index in [4.69, 9.17) is 14.0 Å². The first-order valence-corrected chi connectivity index (χ1v) is 10.4. The van der Waals surface area contributed by atoms with Crippen LogP contribution in [0.1, 0.15) is 44.8 Å². The van der Waals surface area contributed by atoms with Gasteiger partial charge in [-0.25, -0.2) is 8.42 Å². The number of nitrogens with zero attached hydrogens (tertiary/aromatic N) is 3. The van der Waals surface area contributed by atoms with Gasteiger partial charge in [0.25, 0.3) is 0 Å². The first-order valence-electron chi connectivity index (χ1n) is 8.99. The Hall–Kier alpha value is -2.13. The van der Waals surface area contributed by atoms with Crippen molar-refractivity contribution in [1.82, 2.24) is 14.4 Å². The molecule has 3 heterocycles. The average Bonchev–Trinajstić information content (AvgIpc) is 3.30. The third-order valence-electron chi connectivity index (χ3n) is 4.76. The lowest BCUT2D eigenvalue weighted by Crippen LogP contribution is -2.29. The number of sulfonamides is 1. The van der Waals surface area contributed by atoms with Crippen molar-refractivity contribution < 1.29 is 22.4 Å². The van der Waals surface area contributed by atoms with Crippen molar-refractivity contribution in [2.75, 3.05) is 26.3 Å². The van der Waals surface area contributed by atoms with Gasteiger partial charge in [-0.05, 0) is 18.6 Å². The lowest BCUT2D eigenvalue weighted by molar-refractivity contribution is 0.171. The molecule has 1 fully saturated rings. The van der Waals surface area contributed by atoms with Crippen molar-refractivity contribution in [3.05, 3.63) is 29.9 Å². The lowest BCUT2D eigenvalue weighted by Gasteiger charge is -2.21. The van der Waals surface area contributed by atoms with E-state index in [0.29, 0.717) is 55.9 Å². The minimum atomic E-state index is -3.63. The van der Waals surface area contributed by atoms with Gasteiger partial charge in [-0.15, -0.1) is 0 Å². The fraction of sp³-hybridized carbons (Fsp3) is 0.556. The Morgan fingerprint density at radius 1 is 1.15 bits per heavy atom. The molecule has 0 saturated carbocycles. The Kier molecular flexibility index (Phi) is 4.38. The minimum Gasteiger partial charge on any atom is -0.486 e. The number of rotatable bonds is 3. The third kappa shape index (κ3) is 3.41. The van der Waals surface area contributed by atoms with Crippen LogP contribution in [-0.2, 0) is 15.4 Å². The molecule has 146 valence electrons. The summed E-state index contributed by atoms with van der Waals surface area (Å²) >= 11 is 0. The summed E-state index contributed by atoms with van der Waals surface area (Å²) in [6, 6.07) is 4.73. The largest absolute Gasteiger partial charge is 0.486 e. The van der Waals surface area contributed by atoms with Gasteiger partial charge in [0.1, 0.15) is 13.2 Å². The van der Waals surface area contributed by atoms with E-state index in [1.54, 1.807) is 12.1 Å². The Balaban J connectivity index is 1.53. The standard InChI is InChI=1S/C18H23N3O5S/c1-18(2,3)17-19-16(26-20-17)12-6-7-21(11-12)27(22,23)13-4-5-14-15(10-13)25-9-8-24-14/h4-5,10,12H,6-9,11H2,1-3H3/t12-/m0/s1. The van der Waals surface area contributed by atoms with E-state index in [-0.39, 0.29) is 16.2 Å². The zero-order valence-corrected chi connectivity index (χ0v) is 16.5. The molecule has 2 aromatic rings. The smallest absolute Gasteiger partial charge is 0.243 e. The van der Waals surface area contributed by atoms with Crippen LogP contribution in [0.15, 0.2) is 27.6 Å². The van der Waals surface area contributed by atoms with Gasteiger partial charge in [0, 0.05) is 24.6 Å². The van der Waals surface area contributed by atoms with Crippen LogP contribution in [0.2, 0.25) is 0 Å². The fourth-order valence-electron chi connectivity index (χ4n) is 3.19. The molecular weight excluding hydrogens is 370 g/mol. The zero-order chi connectivity index (χ0) is 19.2. The molecular formula is C18H23N3O5S. The number of fused-ring (bicyclic) bond motifs is 1. The van der Waals surface area contributed by atoms with Gasteiger partial charge >= 0.3 is 0 Å². The maximum atomic E-state index is 13.0. The lowest BCUT2D eigenvalue weighted by atomic mass is 9.96. The summed E-state index contributed by atoms with van der Waals surface area (Å²) in [5, 5.41) is 4.04. The summed E-state index contributed by atoms with van der Waals surface area (Å²) in [6.45, 7) is 7.64. The molecule has 0 unspecified atom stereocenters. The van der Waals surface area contributed by atoms with Crippen molar-refractivity contribution in [3.8, 4) is 11.5 Å². The molecule has 1 aromatic carbocycles. The highest BCUT2D eigenvalue weighted by molar-refractivity contribution is 7.89. The van der Waals surface area contributed by atoms with Crippen LogP contribution in [0.3, 0.4) is 0 Å². The highest BCUT2D eigenvalue weighted by Gasteiger charge is 2.37. The molecule has 0 spiro atoms. The summed E-state index contributed by atoms with van der Waals surface area (Å²) in [4.78, 5) is 4.68. The van der Waals surface area contributed by atoms with E-state index in [9.17, 15) is 8.42 Å². The van der Waals surface area contributed by atoms with Crippen LogP contribution in [0, 0.1) is 0 Å². The van der Waals surface area contributed by atoms with Crippen molar-refractivity contribution in [1.29, 1.82) is 0 Å². The van der Waals surface area contributed by atoms with E-state index in [2.05, 4.69) is 10.1 Å². The van der Waals surface area contributed by atoms with Crippen LogP contribution in [0.25, 0.3) is 0 Å². The summed E-state index contributed by atoms with van der Waals surface area (Å²) in [6.07, 6.45) is 0.648. The highest BCUT2D eigenvalue weighted by Crippen LogP contribution is 2.36. The maximum absolute atomic E-state index is 13.0. The second kappa shape index (κ2) is 6.49. The molecule has 8 nitrogen and oxygen atoms in total. The molecule has 4 rings (SSSR count). The van der Waals surface area contributed by atoms with E-state index in [0.717, 1.165) is 0 Å². The quantitative estimate of drug-likeness (QED) is 0.790. The van der Waals surface area contributed by atoms with Crippen LogP contribution >= 0.6 is 0 Å². The van der Waals surface area contributed by atoms with Crippen LogP contribution in [-0.4, -0.2) is 49.2 Å². The second-order valence-electron chi connectivity index (χ2n) is 7.86. The molecule has 0 aliphatic carbocycles. The normalized spacial score (nSPS) is 20.8. The molecule has 1 aromatic heterocycles. The van der Waals surface area contributed by atoms with Gasteiger partial charge < -0.3 is 14.0 Å². The predicted octanol–water partition coefficient (Wildman–Crippen LogP) is 2.32. The molecule has 2 aliphatic rings. The third-order valence-corrected chi connectivity index (χ3v) is 6.63. The molecule has 0 N–H and O–H groups in total. The molecule has 1 saturated heterocycles. The van der Waals surface area contributed by atoms with Crippen molar-refractivity contribution in [2.24, 2.45) is 0 Å². The van der Waals surface area contributed by atoms with Gasteiger partial charge in [0.05, 0.1) is 10.8 Å². The van der Waals surface area contributed by atoms with Crippen LogP contribution in [0.4, 0.5) is 0 Å². The molecule has 0 amide bonds.